The molecule has 124 valence electrons. The predicted octanol–water partition coefficient (Wildman–Crippen LogP) is 4.46. The molecule has 2 aromatic carbocycles. The lowest BCUT2D eigenvalue weighted by Gasteiger charge is -2.32. The van der Waals surface area contributed by atoms with Crippen molar-refractivity contribution in [3.8, 4) is 0 Å². The Balaban J connectivity index is 1.45. The summed E-state index contributed by atoms with van der Waals surface area (Å²) in [6.45, 7) is 2.01. The predicted molar refractivity (Wildman–Crippen MR) is 97.3 cm³/mol. The molecule has 1 aliphatic heterocycles. The Kier molecular flexibility index (Phi) is 4.24. The molecular weight excluding hydrogens is 294 g/mol. The van der Waals surface area contributed by atoms with E-state index < -0.39 is 0 Å². The van der Waals surface area contributed by atoms with Crippen molar-refractivity contribution >= 4 is 5.78 Å². The molecule has 0 N–H and O–H groups in total. The minimum absolute atomic E-state index is 0.269. The molecule has 2 heteroatoms. The second-order valence-electron chi connectivity index (χ2n) is 7.41. The number of likely N-dealkylation sites (tertiary alicyclic amines) is 1. The molecule has 2 aromatic rings. The van der Waals surface area contributed by atoms with Gasteiger partial charge in [0, 0.05) is 36.5 Å². The molecule has 2 bridgehead atoms. The maximum Gasteiger partial charge on any atom is 0.164 e. The number of fused-ring (bicyclic) bond motifs is 2. The Morgan fingerprint density at radius 2 is 1.75 bits per heavy atom. The highest BCUT2D eigenvalue weighted by Gasteiger charge is 2.47. The first-order valence-corrected chi connectivity index (χ1v) is 9.15. The number of hydrogen-bond donors (Lipinski definition) is 0. The van der Waals surface area contributed by atoms with Crippen LogP contribution in [-0.2, 0) is 5.41 Å². The van der Waals surface area contributed by atoms with Crippen LogP contribution in [-0.4, -0.2) is 29.8 Å². The third-order valence-corrected chi connectivity index (χ3v) is 5.95. The highest BCUT2D eigenvalue weighted by atomic mass is 16.1. The third kappa shape index (κ3) is 2.91. The lowest BCUT2D eigenvalue weighted by atomic mass is 9.71. The monoisotopic (exact) mass is 319 g/mol. The van der Waals surface area contributed by atoms with E-state index in [0.29, 0.717) is 17.9 Å². The van der Waals surface area contributed by atoms with E-state index in [-0.39, 0.29) is 5.78 Å². The minimum atomic E-state index is 0.269. The molecular formula is C22H25NO. The topological polar surface area (TPSA) is 20.3 Å². The lowest BCUT2D eigenvalue weighted by molar-refractivity contribution is 0.0960. The van der Waals surface area contributed by atoms with Gasteiger partial charge in [-0.2, -0.15) is 0 Å². The van der Waals surface area contributed by atoms with Crippen LogP contribution in [0, 0.1) is 0 Å². The molecule has 2 atom stereocenters. The van der Waals surface area contributed by atoms with E-state index in [0.717, 1.165) is 18.7 Å². The molecule has 0 spiro atoms. The first-order chi connectivity index (χ1) is 11.8. The molecule has 2 nitrogen and oxygen atoms in total. The van der Waals surface area contributed by atoms with Gasteiger partial charge in [0.05, 0.1) is 0 Å². The molecule has 2 aliphatic rings. The Bertz CT molecular complexity index is 696. The van der Waals surface area contributed by atoms with Crippen molar-refractivity contribution in [3.63, 3.8) is 0 Å². The molecule has 24 heavy (non-hydrogen) atoms. The zero-order valence-corrected chi connectivity index (χ0v) is 14.2. The molecule has 0 radical (unpaired) electrons. The standard InChI is InChI=1S/C22H25NO/c24-21(18-8-3-1-4-9-18)13-15-23-17-22(14-7-12-20(23)16-22)19-10-5-2-6-11-19/h1-6,8-11,20H,7,12-17H2. The van der Waals surface area contributed by atoms with Crippen LogP contribution >= 0.6 is 0 Å². The van der Waals surface area contributed by atoms with E-state index in [1.54, 1.807) is 0 Å². The van der Waals surface area contributed by atoms with E-state index in [1.165, 1.54) is 31.2 Å². The van der Waals surface area contributed by atoms with Crippen LogP contribution in [0.5, 0.6) is 0 Å². The summed E-state index contributed by atoms with van der Waals surface area (Å²) in [5.74, 6) is 0.269. The number of nitrogens with zero attached hydrogens (tertiary/aromatic N) is 1. The van der Waals surface area contributed by atoms with E-state index >= 15 is 0 Å². The summed E-state index contributed by atoms with van der Waals surface area (Å²) < 4.78 is 0. The number of rotatable bonds is 5. The zero-order chi connectivity index (χ0) is 16.4. The van der Waals surface area contributed by atoms with Crippen LogP contribution in [0.1, 0.15) is 48.0 Å². The number of hydrogen-bond acceptors (Lipinski definition) is 2. The number of benzene rings is 2. The summed E-state index contributed by atoms with van der Waals surface area (Å²) in [4.78, 5) is 15.0. The van der Waals surface area contributed by atoms with Crippen molar-refractivity contribution in [1.82, 2.24) is 4.90 Å². The number of carbonyl (C=O) groups excluding carboxylic acids is 1. The highest BCUT2D eigenvalue weighted by molar-refractivity contribution is 5.96. The highest BCUT2D eigenvalue weighted by Crippen LogP contribution is 2.47. The van der Waals surface area contributed by atoms with Crippen molar-refractivity contribution in [2.45, 2.75) is 43.6 Å². The minimum Gasteiger partial charge on any atom is -0.299 e. The van der Waals surface area contributed by atoms with Gasteiger partial charge in [-0.1, -0.05) is 67.1 Å². The first kappa shape index (κ1) is 15.6. The smallest absolute Gasteiger partial charge is 0.164 e. The molecule has 1 aliphatic carbocycles. The summed E-state index contributed by atoms with van der Waals surface area (Å²) in [5, 5.41) is 0. The summed E-state index contributed by atoms with van der Waals surface area (Å²) >= 11 is 0. The SMILES string of the molecule is O=C(CCN1CC2(c3ccccc3)CCCC1C2)c1ccccc1. The first-order valence-electron chi connectivity index (χ1n) is 9.15. The second kappa shape index (κ2) is 6.52. The summed E-state index contributed by atoms with van der Waals surface area (Å²) in [6.07, 6.45) is 5.77. The molecule has 1 saturated carbocycles. The van der Waals surface area contributed by atoms with Gasteiger partial charge >= 0.3 is 0 Å². The quantitative estimate of drug-likeness (QED) is 0.759. The normalized spacial score (nSPS) is 26.4. The third-order valence-electron chi connectivity index (χ3n) is 5.95. The van der Waals surface area contributed by atoms with E-state index in [2.05, 4.69) is 35.2 Å². The van der Waals surface area contributed by atoms with Gasteiger partial charge in [0.1, 0.15) is 0 Å². The molecule has 0 aromatic heterocycles. The Labute approximate surface area is 144 Å². The number of ketones is 1. The Hall–Kier alpha value is -1.93. The average Bonchev–Trinajstić information content (AvgIpc) is 2.91. The Morgan fingerprint density at radius 3 is 2.50 bits per heavy atom. The summed E-state index contributed by atoms with van der Waals surface area (Å²) in [5.41, 5.74) is 2.66. The molecule has 1 heterocycles. The van der Waals surface area contributed by atoms with Crippen molar-refractivity contribution in [2.24, 2.45) is 0 Å². The van der Waals surface area contributed by atoms with Gasteiger partial charge in [0.15, 0.2) is 5.78 Å². The molecule has 4 rings (SSSR count). The lowest BCUT2D eigenvalue weighted by Crippen LogP contribution is -2.32. The van der Waals surface area contributed by atoms with Crippen molar-refractivity contribution in [1.29, 1.82) is 0 Å². The van der Waals surface area contributed by atoms with Gasteiger partial charge in [0.2, 0.25) is 0 Å². The zero-order valence-electron chi connectivity index (χ0n) is 14.2. The molecule has 1 saturated heterocycles. The largest absolute Gasteiger partial charge is 0.299 e. The van der Waals surface area contributed by atoms with Crippen LogP contribution < -0.4 is 0 Å². The average molecular weight is 319 g/mol. The van der Waals surface area contributed by atoms with Gasteiger partial charge in [0.25, 0.3) is 0 Å². The van der Waals surface area contributed by atoms with Crippen LogP contribution in [0.25, 0.3) is 0 Å². The van der Waals surface area contributed by atoms with Crippen LogP contribution in [0.15, 0.2) is 60.7 Å². The maximum absolute atomic E-state index is 12.4. The number of Topliss-reactive ketones (excluding diaryl/α,β-unsaturated/α-hetero) is 1. The summed E-state index contributed by atoms with van der Waals surface area (Å²) in [7, 11) is 0. The van der Waals surface area contributed by atoms with Crippen LogP contribution in [0.3, 0.4) is 0 Å². The van der Waals surface area contributed by atoms with Crippen molar-refractivity contribution in [2.75, 3.05) is 13.1 Å². The van der Waals surface area contributed by atoms with Crippen molar-refractivity contribution in [3.05, 3.63) is 71.8 Å². The summed E-state index contributed by atoms with van der Waals surface area (Å²) in [6, 6.07) is 21.4. The fourth-order valence-electron chi connectivity index (χ4n) is 4.72. The maximum atomic E-state index is 12.4. The number of carbonyl (C=O) groups is 1. The van der Waals surface area contributed by atoms with E-state index in [1.807, 2.05) is 30.3 Å². The molecule has 2 fully saturated rings. The van der Waals surface area contributed by atoms with E-state index in [9.17, 15) is 4.79 Å². The van der Waals surface area contributed by atoms with Gasteiger partial charge < -0.3 is 0 Å². The van der Waals surface area contributed by atoms with Gasteiger partial charge in [-0.15, -0.1) is 0 Å². The molecule has 0 amide bonds. The van der Waals surface area contributed by atoms with Gasteiger partial charge in [-0.3, -0.25) is 9.69 Å². The Morgan fingerprint density at radius 1 is 1.04 bits per heavy atom. The van der Waals surface area contributed by atoms with Gasteiger partial charge in [-0.25, -0.2) is 0 Å². The van der Waals surface area contributed by atoms with Crippen LogP contribution in [0.2, 0.25) is 0 Å². The van der Waals surface area contributed by atoms with Crippen LogP contribution in [0.4, 0.5) is 0 Å². The fourth-order valence-corrected chi connectivity index (χ4v) is 4.72. The fraction of sp³-hybridized carbons (Fsp3) is 0.409. The molecule has 2 unspecified atom stereocenters. The van der Waals surface area contributed by atoms with Gasteiger partial charge in [-0.05, 0) is 24.8 Å². The van der Waals surface area contributed by atoms with E-state index in [4.69, 9.17) is 0 Å². The second-order valence-corrected chi connectivity index (χ2v) is 7.41. The van der Waals surface area contributed by atoms with Crippen molar-refractivity contribution < 1.29 is 4.79 Å².